The van der Waals surface area contributed by atoms with Crippen molar-refractivity contribution in [3.05, 3.63) is 0 Å². The average Bonchev–Trinajstić information content (AvgIpc) is 2.21. The van der Waals surface area contributed by atoms with Crippen LogP contribution in [0.15, 0.2) is 0 Å². The molecule has 0 unspecified atom stereocenters. The van der Waals surface area contributed by atoms with Crippen molar-refractivity contribution in [2.45, 2.75) is 77.6 Å². The van der Waals surface area contributed by atoms with Gasteiger partial charge >= 0.3 is 0 Å². The molecular weight excluding hydrogens is 172 g/mol. The van der Waals surface area contributed by atoms with Crippen LogP contribution in [0.4, 0.5) is 0 Å². The molecule has 0 radical (unpaired) electrons. The summed E-state index contributed by atoms with van der Waals surface area (Å²) in [6, 6.07) is 0. The van der Waals surface area contributed by atoms with Crippen LogP contribution < -0.4 is 5.11 Å². The van der Waals surface area contributed by atoms with Crippen LogP contribution in [0.25, 0.3) is 0 Å². The first kappa shape index (κ1) is 14.0. The van der Waals surface area contributed by atoms with Gasteiger partial charge in [0.15, 0.2) is 0 Å². The van der Waals surface area contributed by atoms with Gasteiger partial charge < -0.3 is 5.11 Å². The van der Waals surface area contributed by atoms with Gasteiger partial charge in [-0.2, -0.15) is 0 Å². The van der Waals surface area contributed by atoms with E-state index in [2.05, 4.69) is 6.92 Å². The average molecular weight is 199 g/mol. The van der Waals surface area contributed by atoms with Crippen molar-refractivity contribution in [3.63, 3.8) is 0 Å². The fraction of sp³-hybridized carbons (Fsp3) is 1.00. The molecule has 0 aliphatic carbocycles. The molecular formula is C13H27O-. The van der Waals surface area contributed by atoms with Crippen molar-refractivity contribution >= 4 is 0 Å². The molecule has 1 nitrogen and oxygen atoms in total. The summed E-state index contributed by atoms with van der Waals surface area (Å²) in [4.78, 5) is 0. The van der Waals surface area contributed by atoms with E-state index >= 15 is 0 Å². The van der Waals surface area contributed by atoms with Gasteiger partial charge in [-0.15, -0.1) is 6.61 Å². The molecule has 0 saturated heterocycles. The second-order valence-corrected chi connectivity index (χ2v) is 4.24. The lowest BCUT2D eigenvalue weighted by Crippen LogP contribution is -2.04. The Morgan fingerprint density at radius 2 is 0.929 bits per heavy atom. The maximum Gasteiger partial charge on any atom is -0.0533 e. The zero-order valence-electron chi connectivity index (χ0n) is 9.89. The molecule has 1 heteroatoms. The monoisotopic (exact) mass is 199 g/mol. The van der Waals surface area contributed by atoms with Crippen LogP contribution in [0.2, 0.25) is 0 Å². The minimum Gasteiger partial charge on any atom is -0.854 e. The molecule has 14 heavy (non-hydrogen) atoms. The molecule has 0 aromatic carbocycles. The summed E-state index contributed by atoms with van der Waals surface area (Å²) in [6.07, 6.45) is 14.5. The number of rotatable bonds is 11. The van der Waals surface area contributed by atoms with E-state index in [4.69, 9.17) is 0 Å². The lowest BCUT2D eigenvalue weighted by molar-refractivity contribution is -0.368. The van der Waals surface area contributed by atoms with E-state index in [9.17, 15) is 5.11 Å². The second-order valence-electron chi connectivity index (χ2n) is 4.24. The molecule has 0 aromatic heterocycles. The van der Waals surface area contributed by atoms with E-state index in [1.165, 1.54) is 57.8 Å². The molecule has 0 heterocycles. The lowest BCUT2D eigenvalue weighted by atomic mass is 10.1. The van der Waals surface area contributed by atoms with Crippen LogP contribution in [0.1, 0.15) is 77.6 Å². The molecule has 0 N–H and O–H groups in total. The normalized spacial score (nSPS) is 10.7. The van der Waals surface area contributed by atoms with Crippen molar-refractivity contribution in [3.8, 4) is 0 Å². The van der Waals surface area contributed by atoms with Crippen molar-refractivity contribution in [1.82, 2.24) is 0 Å². The zero-order valence-corrected chi connectivity index (χ0v) is 9.89. The van der Waals surface area contributed by atoms with Crippen molar-refractivity contribution in [2.24, 2.45) is 0 Å². The molecule has 0 spiro atoms. The summed E-state index contributed by atoms with van der Waals surface area (Å²) in [6.45, 7) is 2.38. The summed E-state index contributed by atoms with van der Waals surface area (Å²) in [5.74, 6) is 0. The SMILES string of the molecule is CCCCCCCCCCCCC[O-]. The molecule has 0 aliphatic heterocycles. The summed E-state index contributed by atoms with van der Waals surface area (Å²) < 4.78 is 0. The van der Waals surface area contributed by atoms with Crippen molar-refractivity contribution in [2.75, 3.05) is 6.61 Å². The largest absolute Gasteiger partial charge is 0.854 e. The Hall–Kier alpha value is -0.0400. The highest BCUT2D eigenvalue weighted by molar-refractivity contribution is 4.47. The van der Waals surface area contributed by atoms with E-state index in [-0.39, 0.29) is 6.61 Å². The van der Waals surface area contributed by atoms with Crippen molar-refractivity contribution in [1.29, 1.82) is 0 Å². The van der Waals surface area contributed by atoms with Gasteiger partial charge in [0.1, 0.15) is 0 Å². The molecule has 86 valence electrons. The molecule has 0 fully saturated rings. The third-order valence-corrected chi connectivity index (χ3v) is 2.75. The standard InChI is InChI=1S/C13H27O/c1-2-3-4-5-6-7-8-9-10-11-12-13-14/h2-13H2,1H3/q-1. The Bertz CT molecular complexity index is 79.2. The molecule has 0 amide bonds. The number of hydrogen-bond acceptors (Lipinski definition) is 1. The summed E-state index contributed by atoms with van der Waals surface area (Å²) in [7, 11) is 0. The fourth-order valence-corrected chi connectivity index (χ4v) is 1.77. The van der Waals surface area contributed by atoms with Crippen LogP contribution in [-0.2, 0) is 0 Å². The molecule has 0 saturated carbocycles. The van der Waals surface area contributed by atoms with E-state index < -0.39 is 0 Å². The topological polar surface area (TPSA) is 23.1 Å². The van der Waals surface area contributed by atoms with Gasteiger partial charge in [0.2, 0.25) is 0 Å². The first-order valence-electron chi connectivity index (χ1n) is 6.50. The van der Waals surface area contributed by atoms with Crippen LogP contribution in [0.5, 0.6) is 0 Å². The lowest BCUT2D eigenvalue weighted by Gasteiger charge is -2.03. The van der Waals surface area contributed by atoms with Crippen LogP contribution in [0, 0.1) is 0 Å². The molecule has 0 atom stereocenters. The van der Waals surface area contributed by atoms with Crippen LogP contribution >= 0.6 is 0 Å². The van der Waals surface area contributed by atoms with Gasteiger partial charge in [-0.1, -0.05) is 77.6 Å². The Morgan fingerprint density at radius 3 is 1.29 bits per heavy atom. The number of hydrogen-bond donors (Lipinski definition) is 0. The first-order chi connectivity index (χ1) is 6.91. The highest BCUT2D eigenvalue weighted by Crippen LogP contribution is 2.10. The molecule has 0 bridgehead atoms. The van der Waals surface area contributed by atoms with Crippen LogP contribution in [-0.4, -0.2) is 6.61 Å². The van der Waals surface area contributed by atoms with Gasteiger partial charge in [-0.05, 0) is 0 Å². The van der Waals surface area contributed by atoms with Gasteiger partial charge in [-0.25, -0.2) is 0 Å². The Balaban J connectivity index is 2.78. The molecule has 0 rings (SSSR count). The van der Waals surface area contributed by atoms with E-state index in [0.717, 1.165) is 12.8 Å². The highest BCUT2D eigenvalue weighted by Gasteiger charge is 1.91. The zero-order chi connectivity index (χ0) is 10.5. The third-order valence-electron chi connectivity index (χ3n) is 2.75. The Labute approximate surface area is 89.9 Å². The predicted octanol–water partition coefficient (Wildman–Crippen LogP) is 3.66. The maximum absolute atomic E-state index is 10.2. The van der Waals surface area contributed by atoms with E-state index in [1.54, 1.807) is 0 Å². The number of unbranched alkanes of at least 4 members (excludes halogenated alkanes) is 10. The first-order valence-corrected chi connectivity index (χ1v) is 6.50. The Morgan fingerprint density at radius 1 is 0.571 bits per heavy atom. The fourth-order valence-electron chi connectivity index (χ4n) is 1.77. The summed E-state index contributed by atoms with van der Waals surface area (Å²) in [5, 5.41) is 10.2. The smallest absolute Gasteiger partial charge is 0.0533 e. The predicted molar refractivity (Wildman–Crippen MR) is 61.3 cm³/mol. The van der Waals surface area contributed by atoms with Gasteiger partial charge in [0.05, 0.1) is 0 Å². The molecule has 0 aliphatic rings. The van der Waals surface area contributed by atoms with Crippen LogP contribution in [0.3, 0.4) is 0 Å². The minimum absolute atomic E-state index is 0.122. The maximum atomic E-state index is 10.2. The Kier molecular flexibility index (Phi) is 12.9. The van der Waals surface area contributed by atoms with Gasteiger partial charge in [-0.3, -0.25) is 0 Å². The summed E-state index contributed by atoms with van der Waals surface area (Å²) >= 11 is 0. The quantitative estimate of drug-likeness (QED) is 0.466. The van der Waals surface area contributed by atoms with Gasteiger partial charge in [0.25, 0.3) is 0 Å². The molecule has 0 aromatic rings. The van der Waals surface area contributed by atoms with E-state index in [0.29, 0.717) is 0 Å². The third kappa shape index (κ3) is 12.0. The van der Waals surface area contributed by atoms with Gasteiger partial charge in [0, 0.05) is 0 Å². The minimum atomic E-state index is 0.122. The van der Waals surface area contributed by atoms with Crippen molar-refractivity contribution < 1.29 is 5.11 Å². The summed E-state index contributed by atoms with van der Waals surface area (Å²) in [5.41, 5.74) is 0. The van der Waals surface area contributed by atoms with E-state index in [1.807, 2.05) is 0 Å². The highest BCUT2D eigenvalue weighted by atomic mass is 16.2. The second kappa shape index (κ2) is 13.0.